The Hall–Kier alpha value is -1.64. The summed E-state index contributed by atoms with van der Waals surface area (Å²) >= 11 is 0. The maximum Gasteiger partial charge on any atom is 0.303 e. The molecule has 0 aliphatic carbocycles. The van der Waals surface area contributed by atoms with Crippen molar-refractivity contribution < 1.29 is 22.7 Å². The summed E-state index contributed by atoms with van der Waals surface area (Å²) in [4.78, 5) is 11.9. The molecular formula is C14H20N2O5S. The van der Waals surface area contributed by atoms with Gasteiger partial charge in [-0.2, -0.15) is 12.7 Å². The van der Waals surface area contributed by atoms with Gasteiger partial charge in [0.1, 0.15) is 12.4 Å². The number of hydrogen-bond donors (Lipinski definition) is 1. The molecule has 0 radical (unpaired) electrons. The van der Waals surface area contributed by atoms with Crippen LogP contribution in [0.3, 0.4) is 0 Å². The van der Waals surface area contributed by atoms with Crippen LogP contribution in [0, 0.1) is 0 Å². The van der Waals surface area contributed by atoms with E-state index in [0.717, 1.165) is 23.8 Å². The number of hydrogen-bond acceptors (Lipinski definition) is 5. The van der Waals surface area contributed by atoms with E-state index < -0.39 is 16.1 Å². The lowest BCUT2D eigenvalue weighted by atomic mass is 10.2. The molecule has 7 nitrogen and oxygen atoms in total. The van der Waals surface area contributed by atoms with Gasteiger partial charge in [0.2, 0.25) is 0 Å². The molecule has 1 aliphatic rings. The van der Waals surface area contributed by atoms with Crippen LogP contribution < -0.4 is 9.46 Å². The third-order valence-electron chi connectivity index (χ3n) is 3.28. The topological polar surface area (TPSA) is 84.9 Å². The van der Waals surface area contributed by atoms with Crippen molar-refractivity contribution in [1.82, 2.24) is 9.03 Å². The van der Waals surface area contributed by atoms with E-state index in [2.05, 4.69) is 0 Å². The molecule has 22 heavy (non-hydrogen) atoms. The molecule has 1 aromatic carbocycles. The first-order valence-corrected chi connectivity index (χ1v) is 8.41. The molecule has 1 fully saturated rings. The van der Waals surface area contributed by atoms with Gasteiger partial charge < -0.3 is 9.47 Å². The number of carbonyl (C=O) groups excluding carboxylic acids is 1. The number of nitrogens with zero attached hydrogens (tertiary/aromatic N) is 1. The summed E-state index contributed by atoms with van der Waals surface area (Å²) in [6, 6.07) is 6.30. The third kappa shape index (κ3) is 4.43. The van der Waals surface area contributed by atoms with Crippen molar-refractivity contribution in [2.75, 3.05) is 27.3 Å². The van der Waals surface area contributed by atoms with Gasteiger partial charge in [-0.05, 0) is 37.1 Å². The van der Waals surface area contributed by atoms with Crippen LogP contribution in [0.2, 0.25) is 0 Å². The van der Waals surface area contributed by atoms with Crippen LogP contribution >= 0.6 is 0 Å². The fourth-order valence-corrected chi connectivity index (χ4v) is 2.47. The smallest absolute Gasteiger partial charge is 0.303 e. The number of ether oxygens (including phenoxy) is 2. The fourth-order valence-electron chi connectivity index (χ4n) is 1.93. The molecule has 0 bridgehead atoms. The Balaban J connectivity index is 1.92. The fraction of sp³-hybridized carbons (Fsp3) is 0.500. The van der Waals surface area contributed by atoms with Crippen molar-refractivity contribution in [3.05, 3.63) is 29.8 Å². The van der Waals surface area contributed by atoms with Crippen LogP contribution in [0.25, 0.3) is 0 Å². The van der Waals surface area contributed by atoms with E-state index in [1.54, 1.807) is 12.1 Å². The zero-order chi connectivity index (χ0) is 16.2. The molecule has 8 heteroatoms. The molecule has 1 aliphatic heterocycles. The standard InChI is InChI=1S/C14H20N2O5S/c1-16(2)22(18,19)15-14(17)11-5-7-12(8-6-11)21-10-13-4-3-9-20-13/h5-8,13H,3-4,9-10H2,1-2H3,(H,15,17). The molecule has 0 spiro atoms. The van der Waals surface area contributed by atoms with Gasteiger partial charge in [0, 0.05) is 26.3 Å². The van der Waals surface area contributed by atoms with Crippen LogP contribution in [0.5, 0.6) is 5.75 Å². The Morgan fingerprint density at radius 1 is 1.36 bits per heavy atom. The Bertz CT molecular complexity index is 607. The normalized spacial score (nSPS) is 18.4. The molecule has 122 valence electrons. The van der Waals surface area contributed by atoms with Gasteiger partial charge in [-0.1, -0.05) is 0 Å². The molecule has 0 saturated carbocycles. The Kier molecular flexibility index (Phi) is 5.38. The predicted octanol–water partition coefficient (Wildman–Crippen LogP) is 0.781. The summed E-state index contributed by atoms with van der Waals surface area (Å²) in [7, 11) is -1.10. The van der Waals surface area contributed by atoms with Gasteiger partial charge in [0.25, 0.3) is 5.91 Å². The highest BCUT2D eigenvalue weighted by molar-refractivity contribution is 7.87. The van der Waals surface area contributed by atoms with Crippen LogP contribution in [0.15, 0.2) is 24.3 Å². The van der Waals surface area contributed by atoms with Gasteiger partial charge in [-0.3, -0.25) is 4.79 Å². The van der Waals surface area contributed by atoms with Crippen molar-refractivity contribution in [2.45, 2.75) is 18.9 Å². The van der Waals surface area contributed by atoms with Gasteiger partial charge in [0.05, 0.1) is 6.10 Å². The maximum atomic E-state index is 11.9. The Morgan fingerprint density at radius 3 is 2.59 bits per heavy atom. The van der Waals surface area contributed by atoms with E-state index in [4.69, 9.17) is 9.47 Å². The van der Waals surface area contributed by atoms with E-state index >= 15 is 0 Å². The molecule has 0 aromatic heterocycles. The second-order valence-electron chi connectivity index (χ2n) is 5.19. The summed E-state index contributed by atoms with van der Waals surface area (Å²) in [6.07, 6.45) is 2.16. The molecule has 2 rings (SSSR count). The van der Waals surface area contributed by atoms with E-state index in [-0.39, 0.29) is 11.7 Å². The first-order valence-electron chi connectivity index (χ1n) is 6.97. The second kappa shape index (κ2) is 7.08. The Morgan fingerprint density at radius 2 is 2.05 bits per heavy atom. The molecular weight excluding hydrogens is 308 g/mol. The van der Waals surface area contributed by atoms with E-state index in [9.17, 15) is 13.2 Å². The zero-order valence-electron chi connectivity index (χ0n) is 12.6. The molecule has 1 saturated heterocycles. The van der Waals surface area contributed by atoms with Crippen LogP contribution in [0.1, 0.15) is 23.2 Å². The summed E-state index contributed by atoms with van der Waals surface area (Å²) in [6.45, 7) is 1.24. The lowest BCUT2D eigenvalue weighted by Gasteiger charge is -2.13. The van der Waals surface area contributed by atoms with Crippen molar-refractivity contribution >= 4 is 16.1 Å². The van der Waals surface area contributed by atoms with Crippen LogP contribution in [-0.2, 0) is 14.9 Å². The molecule has 1 unspecified atom stereocenters. The first kappa shape index (κ1) is 16.7. The predicted molar refractivity (Wildman–Crippen MR) is 81.0 cm³/mol. The molecule has 1 amide bonds. The summed E-state index contributed by atoms with van der Waals surface area (Å²) < 4.78 is 37.1. The largest absolute Gasteiger partial charge is 0.491 e. The van der Waals surface area contributed by atoms with Crippen molar-refractivity contribution in [2.24, 2.45) is 0 Å². The van der Waals surface area contributed by atoms with Crippen molar-refractivity contribution in [3.63, 3.8) is 0 Å². The van der Waals surface area contributed by atoms with Gasteiger partial charge >= 0.3 is 10.2 Å². The number of carbonyl (C=O) groups is 1. The third-order valence-corrected chi connectivity index (χ3v) is 4.68. The molecule has 1 atom stereocenters. The highest BCUT2D eigenvalue weighted by Crippen LogP contribution is 2.16. The van der Waals surface area contributed by atoms with Gasteiger partial charge in [-0.25, -0.2) is 4.72 Å². The quantitative estimate of drug-likeness (QED) is 0.834. The van der Waals surface area contributed by atoms with E-state index in [0.29, 0.717) is 12.4 Å². The highest BCUT2D eigenvalue weighted by atomic mass is 32.2. The molecule has 1 N–H and O–H groups in total. The SMILES string of the molecule is CN(C)S(=O)(=O)NC(=O)c1ccc(OCC2CCCO2)cc1. The van der Waals surface area contributed by atoms with Gasteiger partial charge in [-0.15, -0.1) is 0 Å². The molecule has 1 heterocycles. The maximum absolute atomic E-state index is 11.9. The zero-order valence-corrected chi connectivity index (χ0v) is 13.4. The number of nitrogens with one attached hydrogen (secondary N) is 1. The first-order chi connectivity index (χ1) is 10.4. The minimum atomic E-state index is -3.79. The van der Waals surface area contributed by atoms with Crippen LogP contribution in [-0.4, -0.2) is 52.0 Å². The monoisotopic (exact) mass is 328 g/mol. The van der Waals surface area contributed by atoms with E-state index in [1.165, 1.54) is 26.2 Å². The number of amides is 1. The summed E-state index contributed by atoms with van der Waals surface area (Å²) in [5.41, 5.74) is 0.245. The number of rotatable bonds is 6. The minimum Gasteiger partial charge on any atom is -0.491 e. The van der Waals surface area contributed by atoms with E-state index in [1.807, 2.05) is 4.72 Å². The van der Waals surface area contributed by atoms with Crippen molar-refractivity contribution in [3.8, 4) is 5.75 Å². The molecule has 1 aromatic rings. The Labute approximate surface area is 130 Å². The highest BCUT2D eigenvalue weighted by Gasteiger charge is 2.18. The lowest BCUT2D eigenvalue weighted by Crippen LogP contribution is -2.39. The van der Waals surface area contributed by atoms with Gasteiger partial charge in [0.15, 0.2) is 0 Å². The minimum absolute atomic E-state index is 0.119. The lowest BCUT2D eigenvalue weighted by molar-refractivity contribution is 0.0679. The van der Waals surface area contributed by atoms with Crippen molar-refractivity contribution in [1.29, 1.82) is 0 Å². The van der Waals surface area contributed by atoms with Crippen LogP contribution in [0.4, 0.5) is 0 Å². The number of benzene rings is 1. The average molecular weight is 328 g/mol. The average Bonchev–Trinajstić information content (AvgIpc) is 2.98. The summed E-state index contributed by atoms with van der Waals surface area (Å²) in [5.74, 6) is -0.0677. The second-order valence-corrected chi connectivity index (χ2v) is 7.07. The summed E-state index contributed by atoms with van der Waals surface area (Å²) in [5, 5.41) is 0.